The summed E-state index contributed by atoms with van der Waals surface area (Å²) in [4.78, 5) is 2.29. The normalized spacial score (nSPS) is 14.7. The number of likely N-dealkylation sites (N-methyl/N-ethyl adjacent to an activating group) is 1. The highest BCUT2D eigenvalue weighted by atomic mass is 16.5. The third-order valence-electron chi connectivity index (χ3n) is 4.44. The first-order valence-corrected chi connectivity index (χ1v) is 8.03. The SMILES string of the molecule is COc1ccc(C(O)CNCc2ccc3c(c2)CCN3C)cc1. The predicted molar refractivity (Wildman–Crippen MR) is 93.1 cm³/mol. The van der Waals surface area contributed by atoms with Crippen molar-refractivity contribution in [2.45, 2.75) is 19.1 Å². The maximum absolute atomic E-state index is 10.2. The number of rotatable bonds is 6. The number of hydrogen-bond acceptors (Lipinski definition) is 4. The van der Waals surface area contributed by atoms with Crippen LogP contribution in [0.1, 0.15) is 22.8 Å². The van der Waals surface area contributed by atoms with Crippen LogP contribution in [0.3, 0.4) is 0 Å². The molecule has 0 aliphatic carbocycles. The Balaban J connectivity index is 1.52. The van der Waals surface area contributed by atoms with E-state index in [4.69, 9.17) is 4.74 Å². The lowest BCUT2D eigenvalue weighted by Gasteiger charge is -2.14. The monoisotopic (exact) mass is 312 g/mol. The fourth-order valence-corrected chi connectivity index (χ4v) is 3.03. The quantitative estimate of drug-likeness (QED) is 0.860. The Morgan fingerprint density at radius 1 is 1.22 bits per heavy atom. The van der Waals surface area contributed by atoms with Gasteiger partial charge in [-0.25, -0.2) is 0 Å². The largest absolute Gasteiger partial charge is 0.497 e. The van der Waals surface area contributed by atoms with Gasteiger partial charge in [-0.1, -0.05) is 24.3 Å². The van der Waals surface area contributed by atoms with Crippen molar-refractivity contribution >= 4 is 5.69 Å². The second-order valence-corrected chi connectivity index (χ2v) is 6.05. The predicted octanol–water partition coefficient (Wildman–Crippen LogP) is 2.51. The molecule has 4 heteroatoms. The van der Waals surface area contributed by atoms with Crippen LogP contribution in [0.5, 0.6) is 5.75 Å². The van der Waals surface area contributed by atoms with Crippen LogP contribution < -0.4 is 15.0 Å². The molecule has 0 amide bonds. The van der Waals surface area contributed by atoms with E-state index in [1.807, 2.05) is 24.3 Å². The van der Waals surface area contributed by atoms with Crippen molar-refractivity contribution in [3.63, 3.8) is 0 Å². The summed E-state index contributed by atoms with van der Waals surface area (Å²) in [5, 5.41) is 13.6. The Labute approximate surface area is 137 Å². The Kier molecular flexibility index (Phi) is 4.84. The van der Waals surface area contributed by atoms with E-state index in [1.54, 1.807) is 7.11 Å². The zero-order chi connectivity index (χ0) is 16.2. The van der Waals surface area contributed by atoms with Gasteiger partial charge in [0, 0.05) is 32.4 Å². The topological polar surface area (TPSA) is 44.7 Å². The van der Waals surface area contributed by atoms with Crippen molar-refractivity contribution in [3.8, 4) is 5.75 Å². The summed E-state index contributed by atoms with van der Waals surface area (Å²) in [6.07, 6.45) is 0.607. The van der Waals surface area contributed by atoms with Gasteiger partial charge < -0.3 is 20.1 Å². The molecule has 0 saturated carbocycles. The third-order valence-corrected chi connectivity index (χ3v) is 4.44. The lowest BCUT2D eigenvalue weighted by Crippen LogP contribution is -2.21. The summed E-state index contributed by atoms with van der Waals surface area (Å²) in [6.45, 7) is 2.40. The summed E-state index contributed by atoms with van der Waals surface area (Å²) in [5.41, 5.74) is 4.92. The first kappa shape index (κ1) is 15.8. The molecule has 2 aromatic carbocycles. The molecular formula is C19H24N2O2. The van der Waals surface area contributed by atoms with Crippen molar-refractivity contribution in [2.75, 3.05) is 32.1 Å². The highest BCUT2D eigenvalue weighted by Crippen LogP contribution is 2.27. The second kappa shape index (κ2) is 7.02. The van der Waals surface area contributed by atoms with Gasteiger partial charge in [-0.2, -0.15) is 0 Å². The van der Waals surface area contributed by atoms with Crippen LogP contribution in [0.4, 0.5) is 5.69 Å². The molecule has 3 rings (SSSR count). The standard InChI is InChI=1S/C19H24N2O2/c1-21-10-9-16-11-14(3-8-18(16)21)12-20-13-19(22)15-4-6-17(23-2)7-5-15/h3-8,11,19-20,22H,9-10,12-13H2,1-2H3. The van der Waals surface area contributed by atoms with E-state index in [-0.39, 0.29) is 0 Å². The Morgan fingerprint density at radius 2 is 2.00 bits per heavy atom. The first-order chi connectivity index (χ1) is 11.2. The molecule has 0 spiro atoms. The van der Waals surface area contributed by atoms with E-state index < -0.39 is 6.10 Å². The lowest BCUT2D eigenvalue weighted by atomic mass is 10.1. The minimum absolute atomic E-state index is 0.513. The van der Waals surface area contributed by atoms with E-state index >= 15 is 0 Å². The van der Waals surface area contributed by atoms with E-state index in [0.29, 0.717) is 6.54 Å². The number of hydrogen-bond donors (Lipinski definition) is 2. The summed E-state index contributed by atoms with van der Waals surface area (Å²) in [7, 11) is 3.77. The van der Waals surface area contributed by atoms with E-state index in [9.17, 15) is 5.11 Å². The molecule has 1 aliphatic heterocycles. The summed E-state index contributed by atoms with van der Waals surface area (Å²) >= 11 is 0. The molecule has 1 heterocycles. The summed E-state index contributed by atoms with van der Waals surface area (Å²) in [6, 6.07) is 14.2. The van der Waals surface area contributed by atoms with Gasteiger partial charge >= 0.3 is 0 Å². The van der Waals surface area contributed by atoms with Gasteiger partial charge in [0.1, 0.15) is 5.75 Å². The number of aliphatic hydroxyl groups is 1. The Bertz CT molecular complexity index is 655. The van der Waals surface area contributed by atoms with Crippen molar-refractivity contribution in [3.05, 3.63) is 59.2 Å². The molecule has 1 aliphatic rings. The molecular weight excluding hydrogens is 288 g/mol. The molecule has 1 atom stereocenters. The molecule has 0 radical (unpaired) electrons. The molecule has 2 aromatic rings. The maximum Gasteiger partial charge on any atom is 0.118 e. The van der Waals surface area contributed by atoms with E-state index in [2.05, 4.69) is 35.5 Å². The van der Waals surface area contributed by atoms with Crippen LogP contribution in [0.2, 0.25) is 0 Å². The number of methoxy groups -OCH3 is 1. The number of benzene rings is 2. The summed E-state index contributed by atoms with van der Waals surface area (Å²) in [5.74, 6) is 0.803. The van der Waals surface area contributed by atoms with Gasteiger partial charge in [-0.15, -0.1) is 0 Å². The fourth-order valence-electron chi connectivity index (χ4n) is 3.03. The van der Waals surface area contributed by atoms with Gasteiger partial charge in [-0.05, 0) is 41.3 Å². The average Bonchev–Trinajstić information content (AvgIpc) is 2.95. The highest BCUT2D eigenvalue weighted by molar-refractivity contribution is 5.58. The molecule has 23 heavy (non-hydrogen) atoms. The molecule has 0 aromatic heterocycles. The Hall–Kier alpha value is -2.04. The number of ether oxygens (including phenoxy) is 1. The first-order valence-electron chi connectivity index (χ1n) is 8.03. The highest BCUT2D eigenvalue weighted by Gasteiger charge is 2.15. The molecule has 4 nitrogen and oxygen atoms in total. The minimum atomic E-state index is -0.513. The average molecular weight is 312 g/mol. The minimum Gasteiger partial charge on any atom is -0.497 e. The lowest BCUT2D eigenvalue weighted by molar-refractivity contribution is 0.174. The van der Waals surface area contributed by atoms with Crippen molar-refractivity contribution < 1.29 is 9.84 Å². The summed E-state index contributed by atoms with van der Waals surface area (Å²) < 4.78 is 5.13. The van der Waals surface area contributed by atoms with Crippen molar-refractivity contribution in [1.29, 1.82) is 0 Å². The number of fused-ring (bicyclic) bond motifs is 1. The zero-order valence-corrected chi connectivity index (χ0v) is 13.7. The van der Waals surface area contributed by atoms with Crippen LogP contribution in [-0.2, 0) is 13.0 Å². The molecule has 0 bridgehead atoms. The fraction of sp³-hybridized carbons (Fsp3) is 0.368. The molecule has 0 fully saturated rings. The van der Waals surface area contributed by atoms with Gasteiger partial charge in [0.2, 0.25) is 0 Å². The van der Waals surface area contributed by atoms with Crippen LogP contribution in [0.25, 0.3) is 0 Å². The number of anilines is 1. The van der Waals surface area contributed by atoms with Crippen molar-refractivity contribution in [2.24, 2.45) is 0 Å². The maximum atomic E-state index is 10.2. The third kappa shape index (κ3) is 3.66. The molecule has 1 unspecified atom stereocenters. The second-order valence-electron chi connectivity index (χ2n) is 6.05. The zero-order valence-electron chi connectivity index (χ0n) is 13.7. The van der Waals surface area contributed by atoms with Crippen molar-refractivity contribution in [1.82, 2.24) is 5.32 Å². The van der Waals surface area contributed by atoms with Crippen LogP contribution in [0.15, 0.2) is 42.5 Å². The van der Waals surface area contributed by atoms with Gasteiger partial charge in [0.05, 0.1) is 13.2 Å². The number of nitrogens with zero attached hydrogens (tertiary/aromatic N) is 1. The van der Waals surface area contributed by atoms with Crippen LogP contribution in [0, 0.1) is 0 Å². The smallest absolute Gasteiger partial charge is 0.118 e. The Morgan fingerprint density at radius 3 is 2.74 bits per heavy atom. The number of nitrogens with one attached hydrogen (secondary N) is 1. The van der Waals surface area contributed by atoms with Crippen LogP contribution >= 0.6 is 0 Å². The van der Waals surface area contributed by atoms with E-state index in [1.165, 1.54) is 16.8 Å². The van der Waals surface area contributed by atoms with Crippen LogP contribution in [-0.4, -0.2) is 32.4 Å². The molecule has 2 N–H and O–H groups in total. The van der Waals surface area contributed by atoms with Gasteiger partial charge in [-0.3, -0.25) is 0 Å². The van der Waals surface area contributed by atoms with Gasteiger partial charge in [0.15, 0.2) is 0 Å². The van der Waals surface area contributed by atoms with E-state index in [0.717, 1.165) is 30.8 Å². The molecule has 0 saturated heterocycles. The molecule has 122 valence electrons. The van der Waals surface area contributed by atoms with Gasteiger partial charge in [0.25, 0.3) is 0 Å². The number of aliphatic hydroxyl groups excluding tert-OH is 1.